The largest absolute Gasteiger partial charge is 0.335 e. The second-order valence-electron chi connectivity index (χ2n) is 3.61. The number of carbonyl (C=O) groups excluding carboxylic acids is 1. The molecule has 0 aromatic carbocycles. The molecule has 1 saturated heterocycles. The number of nitrogens with zero attached hydrogens (tertiary/aromatic N) is 3. The molecular formula is C10H16N4O. The summed E-state index contributed by atoms with van der Waals surface area (Å²) in [7, 11) is 0. The Bertz CT molecular complexity index is 341. The maximum Gasteiger partial charge on any atom is 0.272 e. The van der Waals surface area contributed by atoms with Gasteiger partial charge in [-0.25, -0.2) is 4.98 Å². The summed E-state index contributed by atoms with van der Waals surface area (Å²) in [6, 6.07) is 0. The van der Waals surface area contributed by atoms with Crippen molar-refractivity contribution >= 4 is 5.91 Å². The highest BCUT2D eigenvalue weighted by molar-refractivity contribution is 5.92. The lowest BCUT2D eigenvalue weighted by atomic mass is 10.3. The number of hydrogen-bond donors (Lipinski definition) is 1. The van der Waals surface area contributed by atoms with Crippen LogP contribution in [0.3, 0.4) is 0 Å². The zero-order valence-corrected chi connectivity index (χ0v) is 8.94. The van der Waals surface area contributed by atoms with Gasteiger partial charge in [-0.3, -0.25) is 4.79 Å². The molecule has 1 fully saturated rings. The summed E-state index contributed by atoms with van der Waals surface area (Å²) in [6.07, 6.45) is 3.35. The molecule has 0 atom stereocenters. The van der Waals surface area contributed by atoms with Gasteiger partial charge in [0.2, 0.25) is 0 Å². The molecule has 1 N–H and O–H groups in total. The van der Waals surface area contributed by atoms with Crippen molar-refractivity contribution in [3.63, 3.8) is 0 Å². The number of aromatic nitrogens is 2. The third-order valence-electron chi connectivity index (χ3n) is 2.68. The summed E-state index contributed by atoms with van der Waals surface area (Å²) in [5.74, 6) is 0.0934. The van der Waals surface area contributed by atoms with Gasteiger partial charge in [-0.2, -0.15) is 0 Å². The molecule has 1 aliphatic heterocycles. The normalized spacial score (nSPS) is 16.7. The molecule has 0 unspecified atom stereocenters. The van der Waals surface area contributed by atoms with Crippen LogP contribution in [-0.2, 0) is 6.54 Å². The molecule has 1 amide bonds. The Morgan fingerprint density at radius 3 is 2.93 bits per heavy atom. The van der Waals surface area contributed by atoms with Gasteiger partial charge in [-0.05, 0) is 6.92 Å². The van der Waals surface area contributed by atoms with E-state index >= 15 is 0 Å². The molecule has 2 heterocycles. The highest BCUT2D eigenvalue weighted by Crippen LogP contribution is 2.05. The maximum absolute atomic E-state index is 12.1. The Morgan fingerprint density at radius 2 is 2.27 bits per heavy atom. The minimum absolute atomic E-state index is 0.0934. The van der Waals surface area contributed by atoms with Gasteiger partial charge in [-0.15, -0.1) is 0 Å². The number of amides is 1. The van der Waals surface area contributed by atoms with E-state index in [2.05, 4.69) is 10.3 Å². The molecular weight excluding hydrogens is 192 g/mol. The minimum Gasteiger partial charge on any atom is -0.335 e. The molecule has 0 aliphatic carbocycles. The van der Waals surface area contributed by atoms with Crippen LogP contribution in [0, 0.1) is 0 Å². The average Bonchev–Trinajstić information content (AvgIpc) is 2.77. The average molecular weight is 208 g/mol. The molecule has 5 nitrogen and oxygen atoms in total. The molecule has 0 saturated carbocycles. The molecule has 1 aliphatic rings. The molecule has 2 rings (SSSR count). The van der Waals surface area contributed by atoms with Gasteiger partial charge in [0.1, 0.15) is 5.69 Å². The van der Waals surface area contributed by atoms with E-state index in [-0.39, 0.29) is 5.91 Å². The fourth-order valence-electron chi connectivity index (χ4n) is 1.78. The van der Waals surface area contributed by atoms with Crippen LogP contribution in [0.4, 0.5) is 0 Å². The lowest BCUT2D eigenvalue weighted by Crippen LogP contribution is -2.46. The first-order valence-corrected chi connectivity index (χ1v) is 5.33. The Balaban J connectivity index is 2.12. The summed E-state index contributed by atoms with van der Waals surface area (Å²) in [5, 5.41) is 3.23. The van der Waals surface area contributed by atoms with E-state index < -0.39 is 0 Å². The fourth-order valence-corrected chi connectivity index (χ4v) is 1.78. The quantitative estimate of drug-likeness (QED) is 0.741. The maximum atomic E-state index is 12.1. The van der Waals surface area contributed by atoms with E-state index in [1.807, 2.05) is 16.4 Å². The number of aryl methyl sites for hydroxylation is 1. The third kappa shape index (κ3) is 2.02. The first-order chi connectivity index (χ1) is 7.33. The van der Waals surface area contributed by atoms with E-state index in [1.54, 1.807) is 12.5 Å². The Kier molecular flexibility index (Phi) is 3.01. The van der Waals surface area contributed by atoms with Crippen LogP contribution in [0.25, 0.3) is 0 Å². The summed E-state index contributed by atoms with van der Waals surface area (Å²) < 4.78 is 1.88. The van der Waals surface area contributed by atoms with E-state index in [0.29, 0.717) is 5.69 Å². The van der Waals surface area contributed by atoms with Crippen LogP contribution in [0.5, 0.6) is 0 Å². The minimum atomic E-state index is 0.0934. The van der Waals surface area contributed by atoms with Crippen molar-refractivity contribution in [3.8, 4) is 0 Å². The van der Waals surface area contributed by atoms with Crippen LogP contribution < -0.4 is 5.32 Å². The van der Waals surface area contributed by atoms with Gasteiger partial charge in [0.15, 0.2) is 0 Å². The van der Waals surface area contributed by atoms with Crippen molar-refractivity contribution in [1.82, 2.24) is 19.8 Å². The van der Waals surface area contributed by atoms with Crippen LogP contribution in [0.15, 0.2) is 12.5 Å². The van der Waals surface area contributed by atoms with Crippen LogP contribution in [-0.4, -0.2) is 46.5 Å². The predicted molar refractivity (Wildman–Crippen MR) is 56.7 cm³/mol. The lowest BCUT2D eigenvalue weighted by molar-refractivity contribution is 0.0725. The van der Waals surface area contributed by atoms with Crippen molar-refractivity contribution in [3.05, 3.63) is 18.2 Å². The highest BCUT2D eigenvalue weighted by atomic mass is 16.2. The number of rotatable bonds is 2. The second-order valence-corrected chi connectivity index (χ2v) is 3.61. The van der Waals surface area contributed by atoms with Crippen LogP contribution in [0.2, 0.25) is 0 Å². The molecule has 1 aromatic rings. The number of carbonyl (C=O) groups is 1. The van der Waals surface area contributed by atoms with Gasteiger partial charge in [-0.1, -0.05) is 0 Å². The van der Waals surface area contributed by atoms with Crippen LogP contribution >= 0.6 is 0 Å². The molecule has 0 spiro atoms. The van der Waals surface area contributed by atoms with Crippen LogP contribution in [0.1, 0.15) is 17.4 Å². The molecule has 15 heavy (non-hydrogen) atoms. The van der Waals surface area contributed by atoms with E-state index in [0.717, 1.165) is 32.7 Å². The Labute approximate surface area is 89.1 Å². The molecule has 82 valence electrons. The molecule has 0 radical (unpaired) electrons. The SMILES string of the molecule is CCn1cncc1C(=O)N1CCNCC1. The van der Waals surface area contributed by atoms with Gasteiger partial charge in [0.05, 0.1) is 12.5 Å². The first kappa shape index (κ1) is 10.2. The van der Waals surface area contributed by atoms with Gasteiger partial charge in [0, 0.05) is 32.7 Å². The number of piperazine rings is 1. The van der Waals surface area contributed by atoms with Gasteiger partial charge in [0.25, 0.3) is 5.91 Å². The van der Waals surface area contributed by atoms with E-state index in [1.165, 1.54) is 0 Å². The summed E-state index contributed by atoms with van der Waals surface area (Å²) in [4.78, 5) is 18.0. The smallest absolute Gasteiger partial charge is 0.272 e. The highest BCUT2D eigenvalue weighted by Gasteiger charge is 2.20. The zero-order valence-electron chi connectivity index (χ0n) is 8.94. The number of nitrogens with one attached hydrogen (secondary N) is 1. The summed E-state index contributed by atoms with van der Waals surface area (Å²) >= 11 is 0. The standard InChI is InChI=1S/C10H16N4O/c1-2-13-8-12-7-9(13)10(15)14-5-3-11-4-6-14/h7-8,11H,2-6H2,1H3. The van der Waals surface area contributed by atoms with Crippen molar-refractivity contribution in [2.24, 2.45) is 0 Å². The fraction of sp³-hybridized carbons (Fsp3) is 0.600. The van der Waals surface area contributed by atoms with Gasteiger partial charge >= 0.3 is 0 Å². The monoisotopic (exact) mass is 208 g/mol. The topological polar surface area (TPSA) is 50.2 Å². The summed E-state index contributed by atoms with van der Waals surface area (Å²) in [6.45, 7) is 6.13. The number of hydrogen-bond acceptors (Lipinski definition) is 3. The first-order valence-electron chi connectivity index (χ1n) is 5.33. The molecule has 5 heteroatoms. The molecule has 0 bridgehead atoms. The third-order valence-corrected chi connectivity index (χ3v) is 2.68. The van der Waals surface area contributed by atoms with Crippen molar-refractivity contribution in [2.45, 2.75) is 13.5 Å². The molecule has 1 aromatic heterocycles. The second kappa shape index (κ2) is 4.44. The Hall–Kier alpha value is -1.36. The van der Waals surface area contributed by atoms with E-state index in [9.17, 15) is 4.79 Å². The van der Waals surface area contributed by atoms with Gasteiger partial charge < -0.3 is 14.8 Å². The number of imidazole rings is 1. The van der Waals surface area contributed by atoms with Crippen molar-refractivity contribution in [1.29, 1.82) is 0 Å². The lowest BCUT2D eigenvalue weighted by Gasteiger charge is -2.27. The Morgan fingerprint density at radius 1 is 1.53 bits per heavy atom. The summed E-state index contributed by atoms with van der Waals surface area (Å²) in [5.41, 5.74) is 0.694. The van der Waals surface area contributed by atoms with Crippen molar-refractivity contribution in [2.75, 3.05) is 26.2 Å². The zero-order chi connectivity index (χ0) is 10.7. The van der Waals surface area contributed by atoms with Crippen molar-refractivity contribution < 1.29 is 4.79 Å². The predicted octanol–water partition coefficient (Wildman–Crippen LogP) is -0.0516. The van der Waals surface area contributed by atoms with E-state index in [4.69, 9.17) is 0 Å².